The molecule has 36 heavy (non-hydrogen) atoms. The van der Waals surface area contributed by atoms with E-state index in [4.69, 9.17) is 9.47 Å². The van der Waals surface area contributed by atoms with Gasteiger partial charge in [0, 0.05) is 31.3 Å². The van der Waals surface area contributed by atoms with Gasteiger partial charge in [-0.25, -0.2) is 4.79 Å². The lowest BCUT2D eigenvalue weighted by atomic mass is 10.0. The standard InChI is InChI=1S/C28H28N2O6/c1-18(31)36-26-13-11-20(30-14-6-3-7-15-30)17-23(26)27(32)29-24-16-19(10-12-22(24)28(33)34)21-8-4-5-9-25(21)35-2/h4-5,8-13,16-17H,3,6-7,14-15H2,1-2H3,(H,29,32)(H,33,34). The fourth-order valence-corrected chi connectivity index (χ4v) is 4.36. The number of carbonyl (C=O) groups excluding carboxylic acids is 2. The SMILES string of the molecule is COc1ccccc1-c1ccc(C(=O)O)c(NC(=O)c2cc(N3CCCCC3)ccc2OC(C)=O)c1. The predicted molar refractivity (Wildman–Crippen MR) is 137 cm³/mol. The van der Waals surface area contributed by atoms with Crippen LogP contribution in [0.2, 0.25) is 0 Å². The van der Waals surface area contributed by atoms with E-state index in [1.165, 1.54) is 13.0 Å². The number of hydrogen-bond donors (Lipinski definition) is 2. The first-order chi connectivity index (χ1) is 17.4. The highest BCUT2D eigenvalue weighted by Gasteiger charge is 2.21. The van der Waals surface area contributed by atoms with Gasteiger partial charge in [0.05, 0.1) is 23.9 Å². The van der Waals surface area contributed by atoms with Crippen molar-refractivity contribution in [3.8, 4) is 22.6 Å². The Morgan fingerprint density at radius 2 is 1.64 bits per heavy atom. The second kappa shape index (κ2) is 10.9. The lowest BCUT2D eigenvalue weighted by Crippen LogP contribution is -2.29. The molecule has 0 bridgehead atoms. The number of methoxy groups -OCH3 is 1. The molecule has 3 aromatic carbocycles. The molecular weight excluding hydrogens is 460 g/mol. The van der Waals surface area contributed by atoms with Gasteiger partial charge in [-0.15, -0.1) is 0 Å². The Kier molecular flexibility index (Phi) is 7.53. The quantitative estimate of drug-likeness (QED) is 0.347. The lowest BCUT2D eigenvalue weighted by molar-refractivity contribution is -0.131. The first-order valence-electron chi connectivity index (χ1n) is 11.8. The largest absolute Gasteiger partial charge is 0.496 e. The number of esters is 1. The van der Waals surface area contributed by atoms with Gasteiger partial charge in [-0.05, 0) is 61.2 Å². The number of ether oxygens (including phenoxy) is 2. The maximum absolute atomic E-state index is 13.5. The van der Waals surface area contributed by atoms with Gasteiger partial charge in [0.1, 0.15) is 11.5 Å². The number of carbonyl (C=O) groups is 3. The van der Waals surface area contributed by atoms with E-state index < -0.39 is 17.8 Å². The maximum atomic E-state index is 13.5. The molecule has 186 valence electrons. The van der Waals surface area contributed by atoms with Crippen molar-refractivity contribution in [1.29, 1.82) is 0 Å². The highest BCUT2D eigenvalue weighted by molar-refractivity contribution is 6.10. The van der Waals surface area contributed by atoms with E-state index in [9.17, 15) is 19.5 Å². The van der Waals surface area contributed by atoms with Crippen LogP contribution >= 0.6 is 0 Å². The third-order valence-electron chi connectivity index (χ3n) is 6.10. The van der Waals surface area contributed by atoms with Crippen LogP contribution in [-0.2, 0) is 4.79 Å². The minimum Gasteiger partial charge on any atom is -0.496 e. The maximum Gasteiger partial charge on any atom is 0.337 e. The molecule has 1 fully saturated rings. The van der Waals surface area contributed by atoms with Crippen LogP contribution in [0.25, 0.3) is 11.1 Å². The summed E-state index contributed by atoms with van der Waals surface area (Å²) >= 11 is 0. The minimum atomic E-state index is -1.18. The van der Waals surface area contributed by atoms with Crippen LogP contribution in [0.15, 0.2) is 60.7 Å². The molecule has 1 saturated heterocycles. The van der Waals surface area contributed by atoms with Gasteiger partial charge in [0.25, 0.3) is 5.91 Å². The first kappa shape index (κ1) is 24.8. The summed E-state index contributed by atoms with van der Waals surface area (Å²) < 4.78 is 10.7. The lowest BCUT2D eigenvalue weighted by Gasteiger charge is -2.29. The van der Waals surface area contributed by atoms with Gasteiger partial charge in [0.15, 0.2) is 0 Å². The molecule has 8 nitrogen and oxygen atoms in total. The second-order valence-electron chi connectivity index (χ2n) is 8.54. The van der Waals surface area contributed by atoms with Crippen molar-refractivity contribution in [3.05, 3.63) is 71.8 Å². The van der Waals surface area contributed by atoms with Crippen molar-refractivity contribution in [1.82, 2.24) is 0 Å². The van der Waals surface area contributed by atoms with E-state index in [1.54, 1.807) is 37.4 Å². The summed E-state index contributed by atoms with van der Waals surface area (Å²) in [6, 6.07) is 17.1. The van der Waals surface area contributed by atoms with Crippen LogP contribution in [0, 0.1) is 0 Å². The Morgan fingerprint density at radius 3 is 2.33 bits per heavy atom. The zero-order chi connectivity index (χ0) is 25.7. The summed E-state index contributed by atoms with van der Waals surface area (Å²) in [5.74, 6) is -1.59. The molecule has 3 aromatic rings. The van der Waals surface area contributed by atoms with Gasteiger partial charge in [-0.1, -0.05) is 24.3 Å². The normalized spacial score (nSPS) is 13.1. The third-order valence-corrected chi connectivity index (χ3v) is 6.10. The Morgan fingerprint density at radius 1 is 0.889 bits per heavy atom. The molecule has 0 spiro atoms. The number of hydrogen-bond acceptors (Lipinski definition) is 6. The molecule has 8 heteroatoms. The molecule has 0 radical (unpaired) electrons. The van der Waals surface area contributed by atoms with E-state index in [0.717, 1.165) is 43.6 Å². The molecule has 4 rings (SSSR count). The zero-order valence-corrected chi connectivity index (χ0v) is 20.2. The second-order valence-corrected chi connectivity index (χ2v) is 8.54. The number of piperidine rings is 1. The number of benzene rings is 3. The summed E-state index contributed by atoms with van der Waals surface area (Å²) in [5.41, 5.74) is 2.47. The Labute approximate surface area is 209 Å². The van der Waals surface area contributed by atoms with Gasteiger partial charge < -0.3 is 24.8 Å². The van der Waals surface area contributed by atoms with Crippen LogP contribution in [0.5, 0.6) is 11.5 Å². The number of para-hydroxylation sites is 1. The van der Waals surface area contributed by atoms with E-state index in [1.807, 2.05) is 24.3 Å². The average Bonchev–Trinajstić information content (AvgIpc) is 2.88. The van der Waals surface area contributed by atoms with Crippen LogP contribution in [0.1, 0.15) is 46.9 Å². The fourth-order valence-electron chi connectivity index (χ4n) is 4.36. The molecule has 0 aliphatic carbocycles. The molecule has 2 N–H and O–H groups in total. The first-order valence-corrected chi connectivity index (χ1v) is 11.8. The number of anilines is 2. The molecule has 0 atom stereocenters. The Balaban J connectivity index is 1.73. The van der Waals surface area contributed by atoms with Crippen molar-refractivity contribution in [3.63, 3.8) is 0 Å². The van der Waals surface area contributed by atoms with Crippen molar-refractivity contribution in [2.45, 2.75) is 26.2 Å². The number of carboxylic acids is 1. The Hall–Kier alpha value is -4.33. The highest BCUT2D eigenvalue weighted by Crippen LogP contribution is 2.34. The summed E-state index contributed by atoms with van der Waals surface area (Å²) in [5, 5.41) is 12.5. The summed E-state index contributed by atoms with van der Waals surface area (Å²) in [7, 11) is 1.55. The number of nitrogens with one attached hydrogen (secondary N) is 1. The van der Waals surface area contributed by atoms with E-state index >= 15 is 0 Å². The zero-order valence-electron chi connectivity index (χ0n) is 20.2. The van der Waals surface area contributed by atoms with E-state index in [-0.39, 0.29) is 22.6 Å². The van der Waals surface area contributed by atoms with Crippen molar-refractivity contribution in [2.24, 2.45) is 0 Å². The number of amides is 1. The molecule has 1 amide bonds. The number of rotatable bonds is 7. The number of aromatic carboxylic acids is 1. The molecule has 1 heterocycles. The van der Waals surface area contributed by atoms with Crippen LogP contribution < -0.4 is 19.7 Å². The third kappa shape index (κ3) is 5.49. The molecular formula is C28H28N2O6. The fraction of sp³-hybridized carbons (Fsp3) is 0.250. The highest BCUT2D eigenvalue weighted by atomic mass is 16.5. The van der Waals surface area contributed by atoms with Crippen molar-refractivity contribution < 1.29 is 29.0 Å². The van der Waals surface area contributed by atoms with Crippen LogP contribution in [0.3, 0.4) is 0 Å². The summed E-state index contributed by atoms with van der Waals surface area (Å²) in [6.45, 7) is 3.01. The van der Waals surface area contributed by atoms with Gasteiger partial charge in [-0.3, -0.25) is 9.59 Å². The van der Waals surface area contributed by atoms with Crippen molar-refractivity contribution >= 4 is 29.2 Å². The molecule has 1 aliphatic rings. The summed E-state index contributed by atoms with van der Waals surface area (Å²) in [4.78, 5) is 39.3. The molecule has 0 saturated carbocycles. The molecule has 0 aromatic heterocycles. The van der Waals surface area contributed by atoms with E-state index in [0.29, 0.717) is 11.3 Å². The summed E-state index contributed by atoms with van der Waals surface area (Å²) in [6.07, 6.45) is 3.28. The smallest absolute Gasteiger partial charge is 0.337 e. The minimum absolute atomic E-state index is 0.0665. The van der Waals surface area contributed by atoms with Crippen LogP contribution in [-0.4, -0.2) is 43.2 Å². The van der Waals surface area contributed by atoms with E-state index in [2.05, 4.69) is 10.2 Å². The predicted octanol–water partition coefficient (Wildman–Crippen LogP) is 5.23. The van der Waals surface area contributed by atoms with Gasteiger partial charge in [-0.2, -0.15) is 0 Å². The molecule has 1 aliphatic heterocycles. The number of carboxylic acid groups (broad SMARTS) is 1. The topological polar surface area (TPSA) is 105 Å². The number of nitrogens with zero attached hydrogens (tertiary/aromatic N) is 1. The van der Waals surface area contributed by atoms with Gasteiger partial charge >= 0.3 is 11.9 Å². The van der Waals surface area contributed by atoms with Gasteiger partial charge in [0.2, 0.25) is 0 Å². The van der Waals surface area contributed by atoms with Crippen molar-refractivity contribution in [2.75, 3.05) is 30.4 Å². The average molecular weight is 489 g/mol. The van der Waals surface area contributed by atoms with Crippen LogP contribution in [0.4, 0.5) is 11.4 Å². The molecule has 0 unspecified atom stereocenters. The Bertz CT molecular complexity index is 1300. The monoisotopic (exact) mass is 488 g/mol.